The van der Waals surface area contributed by atoms with E-state index in [1.807, 2.05) is 61.5 Å². The van der Waals surface area contributed by atoms with Crippen molar-refractivity contribution in [3.8, 4) is 0 Å². The van der Waals surface area contributed by atoms with Crippen LogP contribution in [0, 0.1) is 12.8 Å². The topological polar surface area (TPSA) is 49.9 Å². The molecular weight excluding hydrogens is 435 g/mol. The summed E-state index contributed by atoms with van der Waals surface area (Å²) >= 11 is 12.1. The van der Waals surface area contributed by atoms with Crippen molar-refractivity contribution in [1.29, 1.82) is 0 Å². The molecule has 3 aromatic rings. The minimum absolute atomic E-state index is 0.277. The fourth-order valence-electron chi connectivity index (χ4n) is 4.19. The zero-order valence-corrected chi connectivity index (χ0v) is 18.0. The van der Waals surface area contributed by atoms with Crippen LogP contribution < -0.4 is 9.96 Å². The van der Waals surface area contributed by atoms with E-state index in [9.17, 15) is 9.59 Å². The molecule has 7 heteroatoms. The SMILES string of the molecule is Cc1ccc([C@@H]2[C@@H]3C(=O)N(c4ccc(Cl)c(Cl)c4)C(=O)[C@@H]3ON2c2ccccc2)cc1. The lowest BCUT2D eigenvalue weighted by Gasteiger charge is -2.28. The summed E-state index contributed by atoms with van der Waals surface area (Å²) in [6, 6.07) is 21.7. The van der Waals surface area contributed by atoms with Crippen LogP contribution in [0.2, 0.25) is 10.0 Å². The fourth-order valence-corrected chi connectivity index (χ4v) is 4.49. The van der Waals surface area contributed by atoms with Gasteiger partial charge in [0.25, 0.3) is 5.91 Å². The van der Waals surface area contributed by atoms with Crippen LogP contribution in [0.15, 0.2) is 72.8 Å². The standard InChI is InChI=1S/C24H18Cl2N2O3/c1-14-7-9-15(10-8-14)21-20-22(31-28(21)16-5-3-2-4-6-16)24(30)27(23(20)29)17-11-12-18(25)19(26)13-17/h2-13,20-22H,1H3/t20-,21+,22+/m0/s1. The van der Waals surface area contributed by atoms with Crippen molar-refractivity contribution in [3.63, 3.8) is 0 Å². The summed E-state index contributed by atoms with van der Waals surface area (Å²) < 4.78 is 0. The number of hydrogen-bond donors (Lipinski definition) is 0. The van der Waals surface area contributed by atoms with E-state index in [4.69, 9.17) is 28.0 Å². The smallest absolute Gasteiger partial charge is 0.266 e. The highest BCUT2D eigenvalue weighted by Gasteiger charge is 2.60. The predicted octanol–water partition coefficient (Wildman–Crippen LogP) is 5.35. The summed E-state index contributed by atoms with van der Waals surface area (Å²) in [5, 5.41) is 2.31. The first-order valence-corrected chi connectivity index (χ1v) is 10.6. The van der Waals surface area contributed by atoms with Gasteiger partial charge in [-0.1, -0.05) is 71.2 Å². The number of carbonyl (C=O) groups is 2. The molecule has 2 aliphatic rings. The third kappa shape index (κ3) is 3.30. The van der Waals surface area contributed by atoms with Gasteiger partial charge in [-0.05, 0) is 42.8 Å². The molecule has 156 valence electrons. The van der Waals surface area contributed by atoms with Gasteiger partial charge in [-0.25, -0.2) is 9.96 Å². The summed E-state index contributed by atoms with van der Waals surface area (Å²) in [7, 11) is 0. The van der Waals surface area contributed by atoms with Crippen LogP contribution in [0.1, 0.15) is 17.2 Å². The lowest BCUT2D eigenvalue weighted by molar-refractivity contribution is -0.126. The Morgan fingerprint density at radius 3 is 2.19 bits per heavy atom. The lowest BCUT2D eigenvalue weighted by atomic mass is 9.90. The molecule has 2 amide bonds. The van der Waals surface area contributed by atoms with E-state index in [-0.39, 0.29) is 10.9 Å². The van der Waals surface area contributed by atoms with E-state index >= 15 is 0 Å². The van der Waals surface area contributed by atoms with Gasteiger partial charge in [0.2, 0.25) is 5.91 Å². The van der Waals surface area contributed by atoms with Gasteiger partial charge >= 0.3 is 0 Å². The molecule has 0 N–H and O–H groups in total. The number of hydrogen-bond acceptors (Lipinski definition) is 4. The molecule has 2 aliphatic heterocycles. The van der Waals surface area contributed by atoms with E-state index in [2.05, 4.69) is 0 Å². The second kappa shape index (κ2) is 7.68. The maximum Gasteiger partial charge on any atom is 0.266 e. The maximum absolute atomic E-state index is 13.5. The normalized spacial score (nSPS) is 22.9. The largest absolute Gasteiger partial charge is 0.273 e. The van der Waals surface area contributed by atoms with Crippen LogP contribution in [0.5, 0.6) is 0 Å². The van der Waals surface area contributed by atoms with Crippen LogP contribution >= 0.6 is 23.2 Å². The van der Waals surface area contributed by atoms with Crippen LogP contribution in [-0.2, 0) is 14.4 Å². The van der Waals surface area contributed by atoms with E-state index in [0.29, 0.717) is 10.7 Å². The van der Waals surface area contributed by atoms with E-state index < -0.39 is 24.0 Å². The van der Waals surface area contributed by atoms with Crippen molar-refractivity contribution >= 4 is 46.4 Å². The third-order valence-corrected chi connectivity index (χ3v) is 6.45. The highest BCUT2D eigenvalue weighted by atomic mass is 35.5. The number of aryl methyl sites for hydroxylation is 1. The van der Waals surface area contributed by atoms with E-state index in [0.717, 1.165) is 21.7 Å². The molecule has 0 aliphatic carbocycles. The third-order valence-electron chi connectivity index (χ3n) is 5.71. The molecule has 0 bridgehead atoms. The molecule has 2 saturated heterocycles. The van der Waals surface area contributed by atoms with Gasteiger partial charge in [-0.3, -0.25) is 14.4 Å². The molecule has 5 rings (SSSR count). The Labute approximate surface area is 189 Å². The van der Waals surface area contributed by atoms with Crippen molar-refractivity contribution in [1.82, 2.24) is 0 Å². The second-order valence-corrected chi connectivity index (χ2v) is 8.49. The Morgan fingerprint density at radius 1 is 0.806 bits per heavy atom. The number of rotatable bonds is 3. The summed E-state index contributed by atoms with van der Waals surface area (Å²) in [6.07, 6.45) is -0.923. The number of para-hydroxylation sites is 1. The highest BCUT2D eigenvalue weighted by Crippen LogP contribution is 2.47. The van der Waals surface area contributed by atoms with Gasteiger partial charge in [-0.2, -0.15) is 0 Å². The number of imide groups is 1. The average Bonchev–Trinajstić information content (AvgIpc) is 3.28. The Hall–Kier alpha value is -2.86. The first-order valence-electron chi connectivity index (χ1n) is 9.86. The Balaban J connectivity index is 1.58. The monoisotopic (exact) mass is 452 g/mol. The number of hydroxylamine groups is 1. The van der Waals surface area contributed by atoms with Gasteiger partial charge in [0.15, 0.2) is 6.10 Å². The predicted molar refractivity (Wildman–Crippen MR) is 120 cm³/mol. The van der Waals surface area contributed by atoms with Crippen molar-refractivity contribution in [2.45, 2.75) is 19.1 Å². The number of benzene rings is 3. The molecule has 2 heterocycles. The molecule has 0 aromatic heterocycles. The van der Waals surface area contributed by atoms with E-state index in [1.165, 1.54) is 6.07 Å². The molecule has 0 unspecified atom stereocenters. The number of amides is 2. The summed E-state index contributed by atoms with van der Waals surface area (Å²) in [4.78, 5) is 34.1. The van der Waals surface area contributed by atoms with Crippen LogP contribution in [0.25, 0.3) is 0 Å². The van der Waals surface area contributed by atoms with Crippen molar-refractivity contribution in [2.24, 2.45) is 5.92 Å². The van der Waals surface area contributed by atoms with E-state index in [1.54, 1.807) is 17.2 Å². The van der Waals surface area contributed by atoms with Crippen LogP contribution in [0.4, 0.5) is 11.4 Å². The van der Waals surface area contributed by atoms with Crippen molar-refractivity contribution < 1.29 is 14.4 Å². The summed E-state index contributed by atoms with van der Waals surface area (Å²) in [5.41, 5.74) is 3.18. The number of nitrogens with zero attached hydrogens (tertiary/aromatic N) is 2. The molecule has 3 aromatic carbocycles. The number of halogens is 2. The Morgan fingerprint density at radius 2 is 1.52 bits per heavy atom. The van der Waals surface area contributed by atoms with Crippen LogP contribution in [-0.4, -0.2) is 17.9 Å². The number of fused-ring (bicyclic) bond motifs is 1. The Bertz CT molecular complexity index is 1170. The number of carbonyl (C=O) groups excluding carboxylic acids is 2. The van der Waals surface area contributed by atoms with Gasteiger partial charge in [0, 0.05) is 0 Å². The minimum Gasteiger partial charge on any atom is -0.273 e. The van der Waals surface area contributed by atoms with Gasteiger partial charge in [-0.15, -0.1) is 0 Å². The molecule has 3 atom stereocenters. The first kappa shape index (κ1) is 20.1. The first-order chi connectivity index (χ1) is 15.0. The number of anilines is 2. The molecule has 2 fully saturated rings. The van der Waals surface area contributed by atoms with Crippen molar-refractivity contribution in [3.05, 3.63) is 94.0 Å². The van der Waals surface area contributed by atoms with Crippen molar-refractivity contribution in [2.75, 3.05) is 9.96 Å². The molecule has 0 saturated carbocycles. The lowest BCUT2D eigenvalue weighted by Crippen LogP contribution is -2.37. The second-order valence-electron chi connectivity index (χ2n) is 7.68. The van der Waals surface area contributed by atoms with Gasteiger partial charge in [0.05, 0.1) is 27.5 Å². The zero-order valence-electron chi connectivity index (χ0n) is 16.5. The fraction of sp³-hybridized carbons (Fsp3) is 0.167. The highest BCUT2D eigenvalue weighted by molar-refractivity contribution is 6.42. The van der Waals surface area contributed by atoms with Crippen LogP contribution in [0.3, 0.4) is 0 Å². The average molecular weight is 453 g/mol. The Kier molecular flexibility index (Phi) is 4.97. The summed E-state index contributed by atoms with van der Waals surface area (Å²) in [6.45, 7) is 2.00. The van der Waals surface area contributed by atoms with Gasteiger partial charge in [0.1, 0.15) is 5.92 Å². The zero-order chi connectivity index (χ0) is 21.7. The van der Waals surface area contributed by atoms with Gasteiger partial charge < -0.3 is 0 Å². The molecule has 0 radical (unpaired) electrons. The molecular formula is C24H18Cl2N2O3. The molecule has 31 heavy (non-hydrogen) atoms. The quantitative estimate of drug-likeness (QED) is 0.502. The molecule has 0 spiro atoms. The summed E-state index contributed by atoms with van der Waals surface area (Å²) in [5.74, 6) is -1.42. The minimum atomic E-state index is -0.923. The maximum atomic E-state index is 13.5. The molecule has 5 nitrogen and oxygen atoms in total.